The van der Waals surface area contributed by atoms with Gasteiger partial charge < -0.3 is 10.4 Å². The van der Waals surface area contributed by atoms with Crippen LogP contribution in [0.2, 0.25) is 5.02 Å². The summed E-state index contributed by atoms with van der Waals surface area (Å²) in [6.45, 7) is 0. The number of carbonyl (C=O) groups excluding carboxylic acids is 1. The molecule has 0 aromatic heterocycles. The molecule has 1 amide bonds. The predicted molar refractivity (Wildman–Crippen MR) is 55.6 cm³/mol. The lowest BCUT2D eigenvalue weighted by Gasteiger charge is -2.14. The van der Waals surface area contributed by atoms with Crippen LogP contribution >= 0.6 is 11.6 Å². The third kappa shape index (κ3) is 3.20. The molecule has 0 saturated heterocycles. The van der Waals surface area contributed by atoms with Gasteiger partial charge in [-0.05, 0) is 17.7 Å². The number of amides is 1. The third-order valence-electron chi connectivity index (χ3n) is 1.99. The van der Waals surface area contributed by atoms with Crippen LogP contribution in [0.25, 0.3) is 0 Å². The molecule has 0 heterocycles. The first-order valence-corrected chi connectivity index (χ1v) is 4.79. The van der Waals surface area contributed by atoms with Gasteiger partial charge in [0, 0.05) is 0 Å². The van der Waals surface area contributed by atoms with Crippen molar-refractivity contribution in [2.24, 2.45) is 0 Å². The van der Waals surface area contributed by atoms with E-state index in [1.165, 1.54) is 12.1 Å². The summed E-state index contributed by atoms with van der Waals surface area (Å²) in [6, 6.07) is 3.08. The van der Waals surface area contributed by atoms with Crippen molar-refractivity contribution in [1.82, 2.24) is 5.32 Å². The van der Waals surface area contributed by atoms with Crippen molar-refractivity contribution in [3.8, 4) is 0 Å². The number of hydrogen-bond acceptors (Lipinski definition) is 2. The number of nitrogens with one attached hydrogen (secondary N) is 1. The Labute approximate surface area is 96.0 Å². The molecule has 16 heavy (non-hydrogen) atoms. The molecular weight excluding hydrogens is 237 g/mol. The molecule has 1 aromatic carbocycles. The lowest BCUT2D eigenvalue weighted by atomic mass is 10.0. The second kappa shape index (κ2) is 5.46. The molecule has 6 heteroatoms. The topological polar surface area (TPSA) is 66.4 Å². The first-order valence-electron chi connectivity index (χ1n) is 4.41. The van der Waals surface area contributed by atoms with Crippen LogP contribution in [-0.2, 0) is 9.59 Å². The van der Waals surface area contributed by atoms with E-state index in [0.29, 0.717) is 12.0 Å². The number of hydrogen-bond donors (Lipinski definition) is 2. The standard InChI is InChI=1S/C10H9ClFNO3/c11-7-3-6(1-2-8(7)12)9(13-5-14)4-10(15)16/h1-3,5,9H,4H2,(H,13,14)(H,15,16)/t9-/m0/s1. The van der Waals surface area contributed by atoms with Crippen LogP contribution in [0.1, 0.15) is 18.0 Å². The molecule has 0 fully saturated rings. The Bertz CT molecular complexity index is 411. The van der Waals surface area contributed by atoms with Gasteiger partial charge in [0.25, 0.3) is 0 Å². The zero-order valence-corrected chi connectivity index (χ0v) is 8.87. The predicted octanol–water partition coefficient (Wildman–Crippen LogP) is 1.74. The SMILES string of the molecule is O=CN[C@@H](CC(=O)O)c1ccc(F)c(Cl)c1. The molecule has 1 aromatic rings. The molecule has 1 atom stereocenters. The minimum atomic E-state index is -1.07. The smallest absolute Gasteiger partial charge is 0.305 e. The fourth-order valence-electron chi connectivity index (χ4n) is 1.26. The molecule has 0 spiro atoms. The van der Waals surface area contributed by atoms with E-state index in [9.17, 15) is 14.0 Å². The Balaban J connectivity index is 2.95. The Morgan fingerprint density at radius 1 is 1.62 bits per heavy atom. The van der Waals surface area contributed by atoms with E-state index < -0.39 is 17.8 Å². The van der Waals surface area contributed by atoms with Crippen LogP contribution in [0.15, 0.2) is 18.2 Å². The monoisotopic (exact) mass is 245 g/mol. The minimum Gasteiger partial charge on any atom is -0.481 e. The maximum Gasteiger partial charge on any atom is 0.305 e. The molecule has 0 aliphatic rings. The second-order valence-corrected chi connectivity index (χ2v) is 3.52. The van der Waals surface area contributed by atoms with E-state index in [-0.39, 0.29) is 11.4 Å². The zero-order chi connectivity index (χ0) is 12.1. The van der Waals surface area contributed by atoms with Gasteiger partial charge in [-0.1, -0.05) is 17.7 Å². The molecule has 86 valence electrons. The molecule has 1 rings (SSSR count). The zero-order valence-electron chi connectivity index (χ0n) is 8.11. The minimum absolute atomic E-state index is 0.111. The summed E-state index contributed by atoms with van der Waals surface area (Å²) >= 11 is 5.56. The summed E-state index contributed by atoms with van der Waals surface area (Å²) in [5.74, 6) is -1.66. The summed E-state index contributed by atoms with van der Waals surface area (Å²) in [4.78, 5) is 20.9. The fourth-order valence-corrected chi connectivity index (χ4v) is 1.45. The summed E-state index contributed by atoms with van der Waals surface area (Å²) in [5.41, 5.74) is 0.445. The van der Waals surface area contributed by atoms with Crippen LogP contribution in [0, 0.1) is 5.82 Å². The van der Waals surface area contributed by atoms with Crippen LogP contribution in [0.5, 0.6) is 0 Å². The van der Waals surface area contributed by atoms with E-state index in [4.69, 9.17) is 16.7 Å². The lowest BCUT2D eigenvalue weighted by Crippen LogP contribution is -2.22. The molecule has 0 bridgehead atoms. The summed E-state index contributed by atoms with van der Waals surface area (Å²) < 4.78 is 12.9. The van der Waals surface area contributed by atoms with E-state index in [2.05, 4.69) is 5.32 Å². The van der Waals surface area contributed by atoms with Gasteiger partial charge >= 0.3 is 5.97 Å². The molecular formula is C10H9ClFNO3. The number of carboxylic acids is 1. The third-order valence-corrected chi connectivity index (χ3v) is 2.28. The molecule has 0 unspecified atom stereocenters. The average molecular weight is 246 g/mol. The Morgan fingerprint density at radius 3 is 2.81 bits per heavy atom. The maximum atomic E-state index is 12.9. The average Bonchev–Trinajstić information content (AvgIpc) is 2.21. The second-order valence-electron chi connectivity index (χ2n) is 3.11. The molecule has 2 N–H and O–H groups in total. The molecule has 0 aliphatic heterocycles. The van der Waals surface area contributed by atoms with Gasteiger partial charge in [-0.25, -0.2) is 4.39 Å². The number of rotatable bonds is 5. The number of aliphatic carboxylic acids is 1. The van der Waals surface area contributed by atoms with Gasteiger partial charge in [-0.3, -0.25) is 9.59 Å². The fraction of sp³-hybridized carbons (Fsp3) is 0.200. The Kier molecular flexibility index (Phi) is 4.25. The molecule has 0 radical (unpaired) electrons. The van der Waals surface area contributed by atoms with E-state index >= 15 is 0 Å². The van der Waals surface area contributed by atoms with Crippen molar-refractivity contribution < 1.29 is 19.1 Å². The van der Waals surface area contributed by atoms with Gasteiger partial charge in [0.1, 0.15) is 5.82 Å². The highest BCUT2D eigenvalue weighted by Crippen LogP contribution is 2.22. The lowest BCUT2D eigenvalue weighted by molar-refractivity contribution is -0.137. The molecule has 0 saturated carbocycles. The number of halogens is 2. The largest absolute Gasteiger partial charge is 0.481 e. The van der Waals surface area contributed by atoms with Crippen molar-refractivity contribution in [2.45, 2.75) is 12.5 Å². The highest BCUT2D eigenvalue weighted by atomic mass is 35.5. The normalized spacial score (nSPS) is 11.9. The summed E-state index contributed by atoms with van der Waals surface area (Å²) in [6.07, 6.45) is 0.103. The number of carboxylic acid groups (broad SMARTS) is 1. The van der Waals surface area contributed by atoms with Gasteiger partial charge in [0.05, 0.1) is 17.5 Å². The summed E-state index contributed by atoms with van der Waals surface area (Å²) in [5, 5.41) is 10.9. The van der Waals surface area contributed by atoms with Gasteiger partial charge in [-0.15, -0.1) is 0 Å². The first kappa shape index (κ1) is 12.4. The maximum absolute atomic E-state index is 12.9. The Morgan fingerprint density at radius 2 is 2.31 bits per heavy atom. The molecule has 0 aliphatic carbocycles. The van der Waals surface area contributed by atoms with Gasteiger partial charge in [0.2, 0.25) is 6.41 Å². The van der Waals surface area contributed by atoms with E-state index in [0.717, 1.165) is 6.07 Å². The molecule has 4 nitrogen and oxygen atoms in total. The van der Waals surface area contributed by atoms with Gasteiger partial charge in [-0.2, -0.15) is 0 Å². The van der Waals surface area contributed by atoms with Crippen LogP contribution < -0.4 is 5.32 Å². The van der Waals surface area contributed by atoms with E-state index in [1.807, 2.05) is 0 Å². The van der Waals surface area contributed by atoms with Crippen molar-refractivity contribution in [3.05, 3.63) is 34.6 Å². The Hall–Kier alpha value is -1.62. The number of carbonyl (C=O) groups is 2. The van der Waals surface area contributed by atoms with Crippen molar-refractivity contribution >= 4 is 24.0 Å². The van der Waals surface area contributed by atoms with Crippen molar-refractivity contribution in [1.29, 1.82) is 0 Å². The summed E-state index contributed by atoms with van der Waals surface area (Å²) in [7, 11) is 0. The highest BCUT2D eigenvalue weighted by molar-refractivity contribution is 6.30. The quantitative estimate of drug-likeness (QED) is 0.777. The van der Waals surface area contributed by atoms with Crippen LogP contribution in [-0.4, -0.2) is 17.5 Å². The first-order chi connectivity index (χ1) is 7.54. The van der Waals surface area contributed by atoms with E-state index in [1.54, 1.807) is 0 Å². The number of benzene rings is 1. The van der Waals surface area contributed by atoms with Crippen molar-refractivity contribution in [3.63, 3.8) is 0 Å². The van der Waals surface area contributed by atoms with Crippen molar-refractivity contribution in [2.75, 3.05) is 0 Å². The van der Waals surface area contributed by atoms with Crippen LogP contribution in [0.4, 0.5) is 4.39 Å². The highest BCUT2D eigenvalue weighted by Gasteiger charge is 2.15. The van der Waals surface area contributed by atoms with Gasteiger partial charge in [0.15, 0.2) is 0 Å². The van der Waals surface area contributed by atoms with Crippen LogP contribution in [0.3, 0.4) is 0 Å².